The summed E-state index contributed by atoms with van der Waals surface area (Å²) in [5.74, 6) is -0.318. The van der Waals surface area contributed by atoms with Crippen LogP contribution in [0.4, 0.5) is 11.4 Å². The number of sulfonamides is 1. The van der Waals surface area contributed by atoms with E-state index in [0.717, 1.165) is 5.56 Å². The molecule has 0 heterocycles. The second kappa shape index (κ2) is 7.82. The van der Waals surface area contributed by atoms with Crippen LogP contribution in [0.3, 0.4) is 0 Å². The number of anilines is 2. The summed E-state index contributed by atoms with van der Waals surface area (Å²) >= 11 is 5.99. The van der Waals surface area contributed by atoms with Crippen LogP contribution >= 0.6 is 11.6 Å². The minimum absolute atomic E-state index is 0.0364. The highest BCUT2D eigenvalue weighted by Gasteiger charge is 2.16. The predicted molar refractivity (Wildman–Crippen MR) is 108 cm³/mol. The van der Waals surface area contributed by atoms with Crippen molar-refractivity contribution in [1.29, 1.82) is 0 Å². The lowest BCUT2D eigenvalue weighted by Gasteiger charge is -2.10. The van der Waals surface area contributed by atoms with E-state index < -0.39 is 10.0 Å². The van der Waals surface area contributed by atoms with E-state index in [1.54, 1.807) is 36.4 Å². The van der Waals surface area contributed by atoms with Crippen LogP contribution in [0.25, 0.3) is 0 Å². The fourth-order valence-corrected chi connectivity index (χ4v) is 3.69. The Morgan fingerprint density at radius 2 is 1.52 bits per heavy atom. The van der Waals surface area contributed by atoms with E-state index in [0.29, 0.717) is 22.0 Å². The summed E-state index contributed by atoms with van der Waals surface area (Å²) < 4.78 is 27.4. The van der Waals surface area contributed by atoms with Crippen molar-refractivity contribution in [3.05, 3.63) is 88.9 Å². The Bertz CT molecular complexity index is 1060. The molecule has 2 N–H and O–H groups in total. The summed E-state index contributed by atoms with van der Waals surface area (Å²) in [6.45, 7) is 1.96. The Hall–Kier alpha value is -2.83. The molecule has 3 aromatic carbocycles. The van der Waals surface area contributed by atoms with Crippen LogP contribution in [-0.4, -0.2) is 14.3 Å². The lowest BCUT2D eigenvalue weighted by atomic mass is 10.2. The van der Waals surface area contributed by atoms with Gasteiger partial charge in [0.25, 0.3) is 15.9 Å². The molecule has 0 aromatic heterocycles. The zero-order valence-electron chi connectivity index (χ0n) is 14.4. The van der Waals surface area contributed by atoms with Crippen molar-refractivity contribution in [3.8, 4) is 0 Å². The summed E-state index contributed by atoms with van der Waals surface area (Å²) in [5.41, 5.74) is 2.41. The maximum Gasteiger partial charge on any atom is 0.261 e. The van der Waals surface area contributed by atoms with Crippen LogP contribution in [0.5, 0.6) is 0 Å². The predicted octanol–water partition coefficient (Wildman–Crippen LogP) is 4.70. The number of amides is 1. The fourth-order valence-electron chi connectivity index (χ4n) is 2.37. The molecule has 0 spiro atoms. The van der Waals surface area contributed by atoms with Crippen LogP contribution in [0.15, 0.2) is 77.7 Å². The van der Waals surface area contributed by atoms with Gasteiger partial charge in [-0.3, -0.25) is 9.52 Å². The quantitative estimate of drug-likeness (QED) is 0.651. The Balaban J connectivity index is 1.75. The van der Waals surface area contributed by atoms with Crippen molar-refractivity contribution in [1.82, 2.24) is 0 Å². The van der Waals surface area contributed by atoms with Gasteiger partial charge in [-0.2, -0.15) is 0 Å². The molecule has 0 bridgehead atoms. The molecule has 5 nitrogen and oxygen atoms in total. The van der Waals surface area contributed by atoms with Crippen molar-refractivity contribution in [2.45, 2.75) is 11.8 Å². The summed E-state index contributed by atoms with van der Waals surface area (Å²) in [5, 5.41) is 3.07. The van der Waals surface area contributed by atoms with E-state index in [4.69, 9.17) is 11.6 Å². The molecule has 0 saturated heterocycles. The molecular formula is C20H17ClN2O3S. The number of halogens is 1. The van der Waals surface area contributed by atoms with Gasteiger partial charge in [0.2, 0.25) is 0 Å². The number of hydrogen-bond acceptors (Lipinski definition) is 3. The van der Waals surface area contributed by atoms with E-state index in [-0.39, 0.29) is 10.8 Å². The van der Waals surface area contributed by atoms with Crippen LogP contribution in [0.1, 0.15) is 15.9 Å². The molecule has 3 aromatic rings. The van der Waals surface area contributed by atoms with E-state index in [1.165, 1.54) is 24.3 Å². The lowest BCUT2D eigenvalue weighted by Crippen LogP contribution is -2.15. The topological polar surface area (TPSA) is 75.3 Å². The molecule has 138 valence electrons. The molecule has 3 rings (SSSR count). The van der Waals surface area contributed by atoms with Crippen molar-refractivity contribution >= 4 is 38.9 Å². The zero-order valence-corrected chi connectivity index (χ0v) is 16.0. The maximum absolute atomic E-state index is 12.5. The Morgan fingerprint density at radius 3 is 2.15 bits per heavy atom. The first kappa shape index (κ1) is 18.9. The highest BCUT2D eigenvalue weighted by atomic mass is 35.5. The highest BCUT2D eigenvalue weighted by molar-refractivity contribution is 7.92. The first-order chi connectivity index (χ1) is 12.8. The lowest BCUT2D eigenvalue weighted by molar-refractivity contribution is 0.102. The van der Waals surface area contributed by atoms with Gasteiger partial charge >= 0.3 is 0 Å². The molecule has 0 fully saturated rings. The van der Waals surface area contributed by atoms with E-state index >= 15 is 0 Å². The Kier molecular flexibility index (Phi) is 5.48. The van der Waals surface area contributed by atoms with Crippen molar-refractivity contribution in [2.24, 2.45) is 0 Å². The maximum atomic E-state index is 12.5. The molecular weight excluding hydrogens is 384 g/mol. The summed E-state index contributed by atoms with van der Waals surface area (Å²) in [6.07, 6.45) is 0. The number of para-hydroxylation sites is 1. The molecule has 0 aliphatic rings. The number of benzene rings is 3. The average molecular weight is 401 g/mol. The number of nitrogens with one attached hydrogen (secondary N) is 2. The van der Waals surface area contributed by atoms with Gasteiger partial charge < -0.3 is 5.32 Å². The summed E-state index contributed by atoms with van der Waals surface area (Å²) in [6, 6.07) is 19.6. The first-order valence-electron chi connectivity index (χ1n) is 8.10. The molecule has 0 aliphatic carbocycles. The third kappa shape index (κ3) is 4.67. The van der Waals surface area contributed by atoms with Crippen molar-refractivity contribution in [3.63, 3.8) is 0 Å². The first-order valence-corrected chi connectivity index (χ1v) is 9.97. The number of carbonyl (C=O) groups is 1. The third-order valence-corrected chi connectivity index (χ3v) is 5.57. The van der Waals surface area contributed by atoms with Gasteiger partial charge in [-0.05, 0) is 55.5 Å². The molecule has 0 saturated carbocycles. The van der Waals surface area contributed by atoms with Gasteiger partial charge in [-0.25, -0.2) is 8.42 Å². The van der Waals surface area contributed by atoms with Gasteiger partial charge in [0, 0.05) is 11.3 Å². The van der Waals surface area contributed by atoms with Gasteiger partial charge in [-0.1, -0.05) is 41.4 Å². The van der Waals surface area contributed by atoms with Crippen molar-refractivity contribution in [2.75, 3.05) is 10.0 Å². The van der Waals surface area contributed by atoms with Gasteiger partial charge in [-0.15, -0.1) is 0 Å². The molecule has 0 unspecified atom stereocenters. The number of rotatable bonds is 5. The standard InChI is InChI=1S/C20H17ClN2O3S/c1-14-6-10-16(11-7-14)22-20(24)15-8-12-17(13-9-15)27(25,26)23-19-5-3-2-4-18(19)21/h2-13,23H,1H3,(H,22,24). The largest absolute Gasteiger partial charge is 0.322 e. The van der Waals surface area contributed by atoms with Crippen molar-refractivity contribution < 1.29 is 13.2 Å². The van der Waals surface area contributed by atoms with Gasteiger partial charge in [0.15, 0.2) is 0 Å². The number of carbonyl (C=O) groups excluding carboxylic acids is 1. The van der Waals surface area contributed by atoms with Crippen LogP contribution < -0.4 is 10.0 Å². The average Bonchev–Trinajstić information content (AvgIpc) is 2.65. The van der Waals surface area contributed by atoms with Crippen LogP contribution in [-0.2, 0) is 10.0 Å². The molecule has 7 heteroatoms. The van der Waals surface area contributed by atoms with E-state index in [2.05, 4.69) is 10.0 Å². The molecule has 0 aliphatic heterocycles. The number of aryl methyl sites for hydroxylation is 1. The minimum atomic E-state index is -3.81. The third-order valence-electron chi connectivity index (χ3n) is 3.85. The van der Waals surface area contributed by atoms with E-state index in [9.17, 15) is 13.2 Å². The number of hydrogen-bond donors (Lipinski definition) is 2. The second-order valence-corrected chi connectivity index (χ2v) is 8.02. The minimum Gasteiger partial charge on any atom is -0.322 e. The van der Waals surface area contributed by atoms with Crippen LogP contribution in [0, 0.1) is 6.92 Å². The smallest absolute Gasteiger partial charge is 0.261 e. The SMILES string of the molecule is Cc1ccc(NC(=O)c2ccc(S(=O)(=O)Nc3ccccc3Cl)cc2)cc1. The monoisotopic (exact) mass is 400 g/mol. The normalized spacial score (nSPS) is 11.0. The Morgan fingerprint density at radius 1 is 0.889 bits per heavy atom. The molecule has 0 atom stereocenters. The Labute approximate surface area is 163 Å². The van der Waals surface area contributed by atoms with Gasteiger partial charge in [0.1, 0.15) is 0 Å². The fraction of sp³-hybridized carbons (Fsp3) is 0.0500. The summed E-state index contributed by atoms with van der Waals surface area (Å²) in [4.78, 5) is 12.3. The second-order valence-electron chi connectivity index (χ2n) is 5.93. The van der Waals surface area contributed by atoms with Crippen LogP contribution in [0.2, 0.25) is 5.02 Å². The summed E-state index contributed by atoms with van der Waals surface area (Å²) in [7, 11) is -3.81. The van der Waals surface area contributed by atoms with E-state index in [1.807, 2.05) is 19.1 Å². The molecule has 1 amide bonds. The highest BCUT2D eigenvalue weighted by Crippen LogP contribution is 2.24. The molecule has 0 radical (unpaired) electrons. The molecule has 27 heavy (non-hydrogen) atoms. The van der Waals surface area contributed by atoms with Gasteiger partial charge in [0.05, 0.1) is 15.6 Å². The zero-order chi connectivity index (χ0) is 19.4.